The van der Waals surface area contributed by atoms with E-state index in [1.807, 2.05) is 12.1 Å². The molecule has 1 saturated heterocycles. The summed E-state index contributed by atoms with van der Waals surface area (Å²) in [5.41, 5.74) is 2.33. The van der Waals surface area contributed by atoms with E-state index in [1.165, 1.54) is 36.0 Å². The molecular weight excluding hydrogens is 541 g/mol. The first-order chi connectivity index (χ1) is 18.8. The van der Waals surface area contributed by atoms with Crippen LogP contribution in [0.15, 0.2) is 42.7 Å². The topological polar surface area (TPSA) is 86.3 Å². The Morgan fingerprint density at radius 1 is 0.949 bits per heavy atom. The highest BCUT2D eigenvalue weighted by molar-refractivity contribution is 6.42. The van der Waals surface area contributed by atoms with Crippen LogP contribution in [0.5, 0.6) is 11.5 Å². The Bertz CT molecular complexity index is 1270. The number of benzene rings is 2. The number of urea groups is 1. The summed E-state index contributed by atoms with van der Waals surface area (Å²) >= 11 is 13.0. The molecule has 208 valence electrons. The van der Waals surface area contributed by atoms with Gasteiger partial charge in [0.25, 0.3) is 0 Å². The number of likely N-dealkylation sites (N-methyl/N-ethyl adjacent to an activating group) is 1. The molecule has 4 rings (SSSR count). The monoisotopic (exact) mass is 573 g/mol. The number of hydrogen-bond donors (Lipinski definition) is 1. The molecule has 2 aromatic carbocycles. The van der Waals surface area contributed by atoms with E-state index in [2.05, 4.69) is 44.1 Å². The molecular formula is C27H33Cl2N7O3. The van der Waals surface area contributed by atoms with Crippen LogP contribution in [0.3, 0.4) is 0 Å². The molecule has 2 amide bonds. The normalized spacial score (nSPS) is 13.7. The maximum Gasteiger partial charge on any atom is 0.329 e. The van der Waals surface area contributed by atoms with E-state index in [-0.39, 0.29) is 15.7 Å². The number of ether oxygens (including phenoxy) is 2. The summed E-state index contributed by atoms with van der Waals surface area (Å²) in [6, 6.07) is 11.1. The Balaban J connectivity index is 1.47. The number of amides is 2. The zero-order valence-electron chi connectivity index (χ0n) is 22.7. The van der Waals surface area contributed by atoms with Gasteiger partial charge in [-0.2, -0.15) is 0 Å². The number of aromatic nitrogens is 2. The number of methoxy groups -OCH3 is 2. The van der Waals surface area contributed by atoms with Crippen molar-refractivity contribution in [1.82, 2.24) is 14.9 Å². The minimum absolute atomic E-state index is 0.188. The van der Waals surface area contributed by atoms with Gasteiger partial charge < -0.3 is 24.6 Å². The number of hydrogen-bond acceptors (Lipinski definition) is 8. The van der Waals surface area contributed by atoms with Crippen LogP contribution < -0.4 is 29.5 Å². The Morgan fingerprint density at radius 2 is 1.56 bits per heavy atom. The van der Waals surface area contributed by atoms with Crippen molar-refractivity contribution in [1.29, 1.82) is 0 Å². The zero-order chi connectivity index (χ0) is 28.1. The molecule has 0 atom stereocenters. The molecule has 0 radical (unpaired) electrons. The van der Waals surface area contributed by atoms with Crippen molar-refractivity contribution in [3.8, 4) is 11.5 Å². The molecule has 0 aliphatic carbocycles. The fraction of sp³-hybridized carbons (Fsp3) is 0.370. The first-order valence-corrected chi connectivity index (χ1v) is 13.3. The first-order valence-electron chi connectivity index (χ1n) is 12.5. The van der Waals surface area contributed by atoms with Gasteiger partial charge in [-0.05, 0) is 30.8 Å². The van der Waals surface area contributed by atoms with Gasteiger partial charge in [0.05, 0.1) is 19.9 Å². The lowest BCUT2D eigenvalue weighted by Crippen LogP contribution is -2.46. The van der Waals surface area contributed by atoms with Crippen molar-refractivity contribution in [2.45, 2.75) is 6.92 Å². The van der Waals surface area contributed by atoms with Crippen LogP contribution >= 0.6 is 23.2 Å². The van der Waals surface area contributed by atoms with Crippen molar-refractivity contribution in [2.75, 3.05) is 81.1 Å². The van der Waals surface area contributed by atoms with Gasteiger partial charge in [-0.15, -0.1) is 0 Å². The average molecular weight is 575 g/mol. The standard InChI is InChI=1S/C27H33Cl2N7O3/c1-6-35-11-13-36(14-12-35)19-9-7-18(8-10-19)32-22-16-23(31-17-30-22)33(2)27(37)34(3)26-24(28)20(38-4)15-21(39-5)25(26)29/h7-10,15-17H,6,11-14H2,1-5H3,(H,30,31,32). The lowest BCUT2D eigenvalue weighted by atomic mass is 10.2. The van der Waals surface area contributed by atoms with Crippen molar-refractivity contribution < 1.29 is 14.3 Å². The molecule has 0 bridgehead atoms. The van der Waals surface area contributed by atoms with Crippen LogP contribution in [0.1, 0.15) is 6.92 Å². The number of carbonyl (C=O) groups is 1. The maximum absolute atomic E-state index is 13.4. The van der Waals surface area contributed by atoms with Crippen LogP contribution in [0.4, 0.5) is 33.5 Å². The number of carbonyl (C=O) groups excluding carboxylic acids is 1. The lowest BCUT2D eigenvalue weighted by Gasteiger charge is -2.35. The van der Waals surface area contributed by atoms with Gasteiger partial charge in [0.2, 0.25) is 0 Å². The molecule has 2 heterocycles. The molecule has 39 heavy (non-hydrogen) atoms. The summed E-state index contributed by atoms with van der Waals surface area (Å²) in [5, 5.41) is 3.67. The maximum atomic E-state index is 13.4. The second kappa shape index (κ2) is 12.6. The molecule has 1 aromatic heterocycles. The smallest absolute Gasteiger partial charge is 0.329 e. The van der Waals surface area contributed by atoms with Crippen molar-refractivity contribution in [2.24, 2.45) is 0 Å². The van der Waals surface area contributed by atoms with E-state index in [0.29, 0.717) is 23.1 Å². The predicted octanol–water partition coefficient (Wildman–Crippen LogP) is 5.38. The van der Waals surface area contributed by atoms with E-state index < -0.39 is 6.03 Å². The van der Waals surface area contributed by atoms with Crippen LogP contribution in [-0.2, 0) is 0 Å². The van der Waals surface area contributed by atoms with Gasteiger partial charge in [-0.3, -0.25) is 9.80 Å². The minimum Gasteiger partial charge on any atom is -0.495 e. The van der Waals surface area contributed by atoms with Gasteiger partial charge in [0, 0.05) is 63.8 Å². The number of nitrogens with one attached hydrogen (secondary N) is 1. The third-order valence-electron chi connectivity index (χ3n) is 6.78. The van der Waals surface area contributed by atoms with Crippen molar-refractivity contribution >= 4 is 57.9 Å². The third-order valence-corrected chi connectivity index (χ3v) is 7.51. The molecule has 0 unspecified atom stereocenters. The Hall–Kier alpha value is -3.47. The summed E-state index contributed by atoms with van der Waals surface area (Å²) in [6.45, 7) is 7.47. The fourth-order valence-electron chi connectivity index (χ4n) is 4.41. The molecule has 12 heteroatoms. The quantitative estimate of drug-likeness (QED) is 0.384. The highest BCUT2D eigenvalue weighted by Crippen LogP contribution is 2.46. The van der Waals surface area contributed by atoms with Crippen LogP contribution in [0.25, 0.3) is 0 Å². The second-order valence-electron chi connectivity index (χ2n) is 9.01. The van der Waals surface area contributed by atoms with E-state index in [4.69, 9.17) is 32.7 Å². The van der Waals surface area contributed by atoms with Crippen molar-refractivity contribution in [3.05, 3.63) is 52.8 Å². The molecule has 1 fully saturated rings. The van der Waals surface area contributed by atoms with Gasteiger partial charge in [-0.1, -0.05) is 30.1 Å². The largest absolute Gasteiger partial charge is 0.495 e. The van der Waals surface area contributed by atoms with Gasteiger partial charge in [0.15, 0.2) is 0 Å². The molecule has 0 saturated carbocycles. The summed E-state index contributed by atoms with van der Waals surface area (Å²) in [7, 11) is 6.12. The third kappa shape index (κ3) is 6.24. The Kier molecular flexibility index (Phi) is 9.21. The molecule has 1 aliphatic rings. The van der Waals surface area contributed by atoms with E-state index >= 15 is 0 Å². The molecule has 3 aromatic rings. The van der Waals surface area contributed by atoms with E-state index in [0.717, 1.165) is 38.4 Å². The number of nitrogens with zero attached hydrogens (tertiary/aromatic N) is 6. The lowest BCUT2D eigenvalue weighted by molar-refractivity contribution is 0.253. The van der Waals surface area contributed by atoms with Crippen molar-refractivity contribution in [3.63, 3.8) is 0 Å². The summed E-state index contributed by atoms with van der Waals surface area (Å²) in [5.74, 6) is 1.60. The number of halogens is 2. The van der Waals surface area contributed by atoms with Gasteiger partial charge in [0.1, 0.15) is 39.5 Å². The molecule has 0 spiro atoms. The number of piperazine rings is 1. The van der Waals surface area contributed by atoms with Crippen LogP contribution in [-0.4, -0.2) is 81.9 Å². The van der Waals surface area contributed by atoms with Crippen LogP contribution in [0, 0.1) is 0 Å². The fourth-order valence-corrected chi connectivity index (χ4v) is 5.16. The molecule has 10 nitrogen and oxygen atoms in total. The minimum atomic E-state index is -0.425. The Labute approximate surface area is 239 Å². The number of anilines is 5. The van der Waals surface area contributed by atoms with Crippen LogP contribution in [0.2, 0.25) is 10.0 Å². The van der Waals surface area contributed by atoms with E-state index in [9.17, 15) is 4.79 Å². The predicted molar refractivity (Wildman–Crippen MR) is 158 cm³/mol. The summed E-state index contributed by atoms with van der Waals surface area (Å²) < 4.78 is 10.7. The van der Waals surface area contributed by atoms with E-state index in [1.54, 1.807) is 26.2 Å². The summed E-state index contributed by atoms with van der Waals surface area (Å²) in [6.07, 6.45) is 1.40. The highest BCUT2D eigenvalue weighted by atomic mass is 35.5. The number of rotatable bonds is 8. The Morgan fingerprint density at radius 3 is 2.13 bits per heavy atom. The van der Waals surface area contributed by atoms with Gasteiger partial charge in [-0.25, -0.2) is 14.8 Å². The average Bonchev–Trinajstić information content (AvgIpc) is 2.97. The van der Waals surface area contributed by atoms with Gasteiger partial charge >= 0.3 is 6.03 Å². The summed E-state index contributed by atoms with van der Waals surface area (Å²) in [4.78, 5) is 29.6. The molecule has 1 aliphatic heterocycles. The SMILES string of the molecule is CCN1CCN(c2ccc(Nc3cc(N(C)C(=O)N(C)c4c(Cl)c(OC)cc(OC)c4Cl)ncn3)cc2)CC1. The highest BCUT2D eigenvalue weighted by Gasteiger charge is 2.27. The first kappa shape index (κ1) is 28.5. The second-order valence-corrected chi connectivity index (χ2v) is 9.77. The zero-order valence-corrected chi connectivity index (χ0v) is 24.3. The molecule has 1 N–H and O–H groups in total.